The molecule has 6 heteroatoms. The highest BCUT2D eigenvalue weighted by Gasteiger charge is 2.59. The van der Waals surface area contributed by atoms with Crippen molar-refractivity contribution in [3.8, 4) is 0 Å². The molecule has 4 unspecified atom stereocenters. The Labute approximate surface area is 235 Å². The predicted molar refractivity (Wildman–Crippen MR) is 153 cm³/mol. The second-order valence-corrected chi connectivity index (χ2v) is 13.6. The van der Waals surface area contributed by atoms with Gasteiger partial charge in [-0.25, -0.2) is 0 Å². The van der Waals surface area contributed by atoms with Gasteiger partial charge in [-0.2, -0.15) is 0 Å². The van der Waals surface area contributed by atoms with E-state index in [1.54, 1.807) is 5.57 Å². The smallest absolute Gasteiger partial charge is 0.302 e. The zero-order chi connectivity index (χ0) is 27.8. The lowest BCUT2D eigenvalue weighted by Gasteiger charge is -2.58. The normalized spacial score (nSPS) is 43.6. The van der Waals surface area contributed by atoms with Gasteiger partial charge in [0.2, 0.25) is 0 Å². The van der Waals surface area contributed by atoms with Crippen LogP contribution in [0.1, 0.15) is 99.3 Å². The second-order valence-electron chi connectivity index (χ2n) is 13.6. The Kier molecular flexibility index (Phi) is 8.64. The number of allylic oxidation sites excluding steroid dienone is 1. The van der Waals surface area contributed by atoms with E-state index in [1.807, 2.05) is 6.08 Å². The van der Waals surface area contributed by atoms with Crippen LogP contribution in [-0.2, 0) is 23.8 Å². The van der Waals surface area contributed by atoms with Crippen molar-refractivity contribution in [2.24, 2.45) is 45.6 Å². The summed E-state index contributed by atoms with van der Waals surface area (Å²) in [6.45, 7) is 14.0. The zero-order valence-electron chi connectivity index (χ0n) is 25.1. The molecular weight excluding hydrogens is 490 g/mol. The van der Waals surface area contributed by atoms with Crippen LogP contribution in [0.25, 0.3) is 0 Å². The zero-order valence-corrected chi connectivity index (χ0v) is 25.1. The summed E-state index contributed by atoms with van der Waals surface area (Å²) in [6.07, 6.45) is 17.1. The van der Waals surface area contributed by atoms with E-state index in [1.165, 1.54) is 51.2 Å². The third kappa shape index (κ3) is 5.62. The molecule has 0 aromatic rings. The number of carbonyl (C=O) groups is 1. The summed E-state index contributed by atoms with van der Waals surface area (Å²) >= 11 is 0. The molecule has 0 bridgehead atoms. The Bertz CT molecular complexity index is 989. The molecule has 0 radical (unpaired) electrons. The number of rotatable bonds is 8. The van der Waals surface area contributed by atoms with Crippen LogP contribution in [0, 0.1) is 40.4 Å². The number of hydrogen-bond acceptors (Lipinski definition) is 6. The van der Waals surface area contributed by atoms with E-state index >= 15 is 0 Å². The van der Waals surface area contributed by atoms with Crippen molar-refractivity contribution < 1.29 is 23.8 Å². The van der Waals surface area contributed by atoms with Gasteiger partial charge in [-0.3, -0.25) is 4.79 Å². The first kappa shape index (κ1) is 28.9. The fourth-order valence-corrected chi connectivity index (χ4v) is 9.12. The molecule has 39 heavy (non-hydrogen) atoms. The number of carbonyl (C=O) groups excluding carboxylic acids is 1. The van der Waals surface area contributed by atoms with Crippen LogP contribution in [0.2, 0.25) is 0 Å². The summed E-state index contributed by atoms with van der Waals surface area (Å²) in [6, 6.07) is 0. The van der Waals surface area contributed by atoms with Gasteiger partial charge in [0.05, 0.1) is 11.8 Å². The fraction of sp³-hybridized carbons (Fsp3) is 0.818. The second kappa shape index (κ2) is 11.7. The van der Waals surface area contributed by atoms with Crippen LogP contribution >= 0.6 is 0 Å². The molecule has 3 fully saturated rings. The Balaban J connectivity index is 1.23. The maximum absolute atomic E-state index is 11.3. The van der Waals surface area contributed by atoms with Crippen LogP contribution in [0.5, 0.6) is 0 Å². The van der Waals surface area contributed by atoms with E-state index in [9.17, 15) is 4.79 Å². The molecule has 5 rings (SSSR count). The maximum Gasteiger partial charge on any atom is 0.302 e. The quantitative estimate of drug-likeness (QED) is 0.107. The van der Waals surface area contributed by atoms with Gasteiger partial charge in [-0.05, 0) is 99.4 Å². The molecule has 0 aromatic heterocycles. The van der Waals surface area contributed by atoms with Crippen molar-refractivity contribution in [3.63, 3.8) is 0 Å². The largest absolute Gasteiger partial charge is 0.463 e. The number of nitrogens with zero attached hydrogens (tertiary/aromatic N) is 1. The maximum atomic E-state index is 11.3. The number of esters is 1. The molecule has 4 aliphatic carbocycles. The molecule has 3 saturated carbocycles. The molecule has 0 saturated heterocycles. The lowest BCUT2D eigenvalue weighted by molar-refractivity contribution is -0.199. The van der Waals surface area contributed by atoms with Crippen molar-refractivity contribution in [1.82, 2.24) is 0 Å². The lowest BCUT2D eigenvalue weighted by Crippen LogP contribution is -2.51. The molecule has 218 valence electrons. The van der Waals surface area contributed by atoms with E-state index < -0.39 is 0 Å². The van der Waals surface area contributed by atoms with Crippen LogP contribution in [0.3, 0.4) is 0 Å². The molecule has 1 heterocycles. The minimum absolute atomic E-state index is 0.161. The van der Waals surface area contributed by atoms with Gasteiger partial charge in [-0.15, -0.1) is 0 Å². The third-order valence-corrected chi connectivity index (χ3v) is 11.3. The number of fused-ring (bicyclic) bond motifs is 5. The van der Waals surface area contributed by atoms with Crippen LogP contribution in [0.15, 0.2) is 29.0 Å². The van der Waals surface area contributed by atoms with Gasteiger partial charge in [0, 0.05) is 18.8 Å². The first-order valence-corrected chi connectivity index (χ1v) is 15.6. The average molecular weight is 542 g/mol. The summed E-state index contributed by atoms with van der Waals surface area (Å²) < 4.78 is 17.9. The fourth-order valence-electron chi connectivity index (χ4n) is 9.12. The highest BCUT2D eigenvalue weighted by atomic mass is 16.7. The van der Waals surface area contributed by atoms with E-state index in [4.69, 9.17) is 19.0 Å². The molecule has 5 aliphatic rings. The summed E-state index contributed by atoms with van der Waals surface area (Å²) in [5, 5.41) is 4.55. The van der Waals surface area contributed by atoms with Gasteiger partial charge in [0.1, 0.15) is 19.3 Å². The molecular formula is C33H51NO5. The number of oxime groups is 1. The van der Waals surface area contributed by atoms with Crippen molar-refractivity contribution in [2.45, 2.75) is 118 Å². The van der Waals surface area contributed by atoms with Crippen molar-refractivity contribution in [2.75, 3.05) is 13.2 Å². The van der Waals surface area contributed by atoms with E-state index in [0.717, 1.165) is 37.0 Å². The SMILES string of the molecule is CCCO/N=C(\C)[C@H]1CCC2C3CC=C4C[C@@H](OC5C=C[C@H](C)[C@@H](COC(C)=O)O5)CC[C@]4(C)C3CC[C@@]21C. The first-order chi connectivity index (χ1) is 18.7. The standard InChI is InChI=1S/C33H51NO5/c1-7-18-37-34-22(3)27-11-12-28-26-10-9-24-19-25(14-16-32(24,5)29(26)15-17-33(27,28)6)38-31-13-8-21(2)30(39-31)20-36-23(4)35/h8-9,13,21,25-31H,7,10-12,14-20H2,1-6H3/b34-22+/t21-,25-,26?,27+,28?,29?,30+,31?,32-,33+/m0/s1. The molecule has 0 aromatic carbocycles. The van der Waals surface area contributed by atoms with E-state index in [0.29, 0.717) is 17.9 Å². The van der Waals surface area contributed by atoms with Gasteiger partial charge >= 0.3 is 5.97 Å². The van der Waals surface area contributed by atoms with Crippen molar-refractivity contribution in [3.05, 3.63) is 23.8 Å². The molecule has 0 N–H and O–H groups in total. The highest BCUT2D eigenvalue weighted by molar-refractivity contribution is 5.85. The molecule has 0 spiro atoms. The van der Waals surface area contributed by atoms with E-state index in [-0.39, 0.29) is 42.4 Å². The minimum Gasteiger partial charge on any atom is -0.463 e. The first-order valence-electron chi connectivity index (χ1n) is 15.6. The number of ether oxygens (including phenoxy) is 3. The van der Waals surface area contributed by atoms with Gasteiger partial charge in [0.15, 0.2) is 6.29 Å². The van der Waals surface area contributed by atoms with Crippen LogP contribution in [-0.4, -0.2) is 43.4 Å². The summed E-state index contributed by atoms with van der Waals surface area (Å²) in [5.74, 6) is 2.80. The molecule has 1 aliphatic heterocycles. The molecule has 10 atom stereocenters. The summed E-state index contributed by atoms with van der Waals surface area (Å²) in [4.78, 5) is 16.9. The Morgan fingerprint density at radius 2 is 1.92 bits per heavy atom. The van der Waals surface area contributed by atoms with Crippen molar-refractivity contribution >= 4 is 11.7 Å². The molecule has 6 nitrogen and oxygen atoms in total. The van der Waals surface area contributed by atoms with Gasteiger partial charge in [-0.1, -0.05) is 50.6 Å². The lowest BCUT2D eigenvalue weighted by atomic mass is 9.47. The third-order valence-electron chi connectivity index (χ3n) is 11.3. The minimum atomic E-state index is -0.370. The van der Waals surface area contributed by atoms with Crippen molar-refractivity contribution in [1.29, 1.82) is 0 Å². The summed E-state index contributed by atoms with van der Waals surface area (Å²) in [5.41, 5.74) is 3.46. The Morgan fingerprint density at radius 3 is 2.69 bits per heavy atom. The Morgan fingerprint density at radius 1 is 1.10 bits per heavy atom. The van der Waals surface area contributed by atoms with Gasteiger partial charge in [0.25, 0.3) is 0 Å². The van der Waals surface area contributed by atoms with Gasteiger partial charge < -0.3 is 19.0 Å². The van der Waals surface area contributed by atoms with Crippen LogP contribution in [0.4, 0.5) is 0 Å². The average Bonchev–Trinajstić information content (AvgIpc) is 3.26. The van der Waals surface area contributed by atoms with Crippen LogP contribution < -0.4 is 0 Å². The topological polar surface area (TPSA) is 66.3 Å². The predicted octanol–water partition coefficient (Wildman–Crippen LogP) is 7.23. The Hall–Kier alpha value is -1.66. The van der Waals surface area contributed by atoms with E-state index in [2.05, 4.69) is 51.9 Å². The highest BCUT2D eigenvalue weighted by Crippen LogP contribution is 2.66. The molecule has 0 amide bonds. The monoisotopic (exact) mass is 541 g/mol. The summed E-state index contributed by atoms with van der Waals surface area (Å²) in [7, 11) is 0. The number of hydrogen-bond donors (Lipinski definition) is 0.